The van der Waals surface area contributed by atoms with Crippen LogP contribution >= 0.6 is 0 Å². The van der Waals surface area contributed by atoms with E-state index in [0.717, 1.165) is 25.3 Å². The summed E-state index contributed by atoms with van der Waals surface area (Å²) in [6.45, 7) is 6.70. The van der Waals surface area contributed by atoms with Gasteiger partial charge in [0.2, 0.25) is 5.91 Å². The van der Waals surface area contributed by atoms with Crippen LogP contribution < -0.4 is 4.74 Å². The van der Waals surface area contributed by atoms with Crippen LogP contribution in [0.1, 0.15) is 31.4 Å². The van der Waals surface area contributed by atoms with Crippen molar-refractivity contribution >= 4 is 5.91 Å². The molecule has 1 aromatic carbocycles. The molecule has 2 rings (SSSR count). The number of fused-ring (bicyclic) bond motifs is 1. The minimum atomic E-state index is -0.178. The van der Waals surface area contributed by atoms with Gasteiger partial charge < -0.3 is 9.64 Å². The lowest BCUT2D eigenvalue weighted by Crippen LogP contribution is -2.47. The summed E-state index contributed by atoms with van der Waals surface area (Å²) in [7, 11) is 1.77. The summed E-state index contributed by atoms with van der Waals surface area (Å²) in [6, 6.07) is 8.13. The minimum absolute atomic E-state index is 0.0738. The highest BCUT2D eigenvalue weighted by atomic mass is 16.5. The van der Waals surface area contributed by atoms with Crippen LogP contribution in [0.5, 0.6) is 5.75 Å². The van der Waals surface area contributed by atoms with Crippen LogP contribution in [0.2, 0.25) is 0 Å². The molecule has 0 radical (unpaired) electrons. The second kappa shape index (κ2) is 7.98. The molecule has 23 heavy (non-hydrogen) atoms. The third-order valence-corrected chi connectivity index (χ3v) is 4.37. The zero-order valence-electron chi connectivity index (χ0n) is 14.2. The molecule has 5 heteroatoms. The fraction of sp³-hybridized carbons (Fsp3) is 0.556. The monoisotopic (exact) mass is 315 g/mol. The Hall–Kier alpha value is -2.06. The molecule has 124 valence electrons. The average Bonchev–Trinajstić information content (AvgIpc) is 2.58. The van der Waals surface area contributed by atoms with E-state index in [1.54, 1.807) is 11.9 Å². The summed E-state index contributed by atoms with van der Waals surface area (Å²) in [6.07, 6.45) is 1.32. The standard InChI is InChI=1S/C18H25N3O2/c1-4-23-17-7-6-15-8-11-21(13-16(15)12-17)14(2)18(22)20(3)10-5-9-19/h6-7,12,14H,4-5,8,10-11,13H2,1-3H3. The molecule has 1 aliphatic heterocycles. The van der Waals surface area contributed by atoms with Crippen molar-refractivity contribution in [3.63, 3.8) is 0 Å². The van der Waals surface area contributed by atoms with Crippen LogP contribution in [-0.2, 0) is 17.8 Å². The van der Waals surface area contributed by atoms with E-state index >= 15 is 0 Å². The van der Waals surface area contributed by atoms with E-state index in [0.29, 0.717) is 19.6 Å². The Bertz CT molecular complexity index is 594. The Labute approximate surface area is 138 Å². The molecule has 1 atom stereocenters. The van der Waals surface area contributed by atoms with Gasteiger partial charge in [-0.1, -0.05) is 6.07 Å². The van der Waals surface area contributed by atoms with Crippen molar-refractivity contribution in [1.29, 1.82) is 5.26 Å². The predicted molar refractivity (Wildman–Crippen MR) is 89.1 cm³/mol. The largest absolute Gasteiger partial charge is 0.494 e. The van der Waals surface area contributed by atoms with Gasteiger partial charge in [-0.3, -0.25) is 9.69 Å². The van der Waals surface area contributed by atoms with Crippen LogP contribution in [0.4, 0.5) is 0 Å². The molecular weight excluding hydrogens is 290 g/mol. The minimum Gasteiger partial charge on any atom is -0.494 e. The highest BCUT2D eigenvalue weighted by Crippen LogP contribution is 2.25. The maximum absolute atomic E-state index is 12.5. The Morgan fingerprint density at radius 2 is 2.26 bits per heavy atom. The number of benzene rings is 1. The summed E-state index contributed by atoms with van der Waals surface area (Å²) in [5.41, 5.74) is 2.57. The number of hydrogen-bond donors (Lipinski definition) is 0. The lowest BCUT2D eigenvalue weighted by molar-refractivity contribution is -0.135. The number of rotatable bonds is 6. The van der Waals surface area contributed by atoms with Gasteiger partial charge >= 0.3 is 0 Å². The Kier molecular flexibility index (Phi) is 6.00. The summed E-state index contributed by atoms with van der Waals surface area (Å²) in [5, 5.41) is 8.65. The fourth-order valence-electron chi connectivity index (χ4n) is 2.95. The number of nitrogens with zero attached hydrogens (tertiary/aromatic N) is 3. The maximum Gasteiger partial charge on any atom is 0.239 e. The van der Waals surface area contributed by atoms with Gasteiger partial charge in [-0.2, -0.15) is 5.26 Å². The quantitative estimate of drug-likeness (QED) is 0.807. The van der Waals surface area contributed by atoms with Gasteiger partial charge in [0.25, 0.3) is 0 Å². The molecule has 0 spiro atoms. The average molecular weight is 315 g/mol. The Morgan fingerprint density at radius 3 is 2.96 bits per heavy atom. The SMILES string of the molecule is CCOc1ccc2c(c1)CN(C(C)C(=O)N(C)CCC#N)CC2. The first-order valence-corrected chi connectivity index (χ1v) is 8.17. The van der Waals surface area contributed by atoms with E-state index in [4.69, 9.17) is 10.00 Å². The molecule has 1 heterocycles. The first kappa shape index (κ1) is 17.3. The number of hydrogen-bond acceptors (Lipinski definition) is 4. The van der Waals surface area contributed by atoms with Gasteiger partial charge in [-0.25, -0.2) is 0 Å². The van der Waals surface area contributed by atoms with Crippen molar-refractivity contribution < 1.29 is 9.53 Å². The number of ether oxygens (including phenoxy) is 1. The van der Waals surface area contributed by atoms with Crippen molar-refractivity contribution in [3.05, 3.63) is 29.3 Å². The molecule has 1 amide bonds. The van der Waals surface area contributed by atoms with Crippen molar-refractivity contribution in [2.24, 2.45) is 0 Å². The molecular formula is C18H25N3O2. The molecule has 1 aliphatic rings. The van der Waals surface area contributed by atoms with Gasteiger partial charge in [-0.05, 0) is 43.5 Å². The van der Waals surface area contributed by atoms with E-state index < -0.39 is 0 Å². The fourth-order valence-corrected chi connectivity index (χ4v) is 2.95. The molecule has 0 fully saturated rings. The number of likely N-dealkylation sites (N-methyl/N-ethyl adjacent to an activating group) is 1. The van der Waals surface area contributed by atoms with Gasteiger partial charge in [0.1, 0.15) is 5.75 Å². The van der Waals surface area contributed by atoms with Crippen LogP contribution in [0.15, 0.2) is 18.2 Å². The predicted octanol–water partition coefficient (Wildman–Crippen LogP) is 2.20. The van der Waals surface area contributed by atoms with Crippen LogP contribution in [-0.4, -0.2) is 48.5 Å². The first-order chi connectivity index (χ1) is 11.1. The number of amides is 1. The maximum atomic E-state index is 12.5. The second-order valence-corrected chi connectivity index (χ2v) is 5.93. The molecule has 0 saturated carbocycles. The van der Waals surface area contributed by atoms with Gasteiger partial charge in [0.15, 0.2) is 0 Å². The number of nitriles is 1. The van der Waals surface area contributed by atoms with Gasteiger partial charge in [0.05, 0.1) is 25.1 Å². The molecule has 5 nitrogen and oxygen atoms in total. The van der Waals surface area contributed by atoms with Crippen LogP contribution in [0, 0.1) is 11.3 Å². The molecule has 0 aliphatic carbocycles. The van der Waals surface area contributed by atoms with E-state index in [2.05, 4.69) is 23.1 Å². The Balaban J connectivity index is 2.04. The number of carbonyl (C=O) groups excluding carboxylic acids is 1. The summed E-state index contributed by atoms with van der Waals surface area (Å²) in [5.74, 6) is 0.961. The molecule has 0 bridgehead atoms. The normalized spacial score (nSPS) is 15.4. The second-order valence-electron chi connectivity index (χ2n) is 5.93. The Morgan fingerprint density at radius 1 is 1.48 bits per heavy atom. The van der Waals surface area contributed by atoms with E-state index in [1.165, 1.54) is 11.1 Å². The van der Waals surface area contributed by atoms with E-state index in [1.807, 2.05) is 19.9 Å². The topological polar surface area (TPSA) is 56.6 Å². The highest BCUT2D eigenvalue weighted by molar-refractivity contribution is 5.81. The molecule has 0 N–H and O–H groups in total. The third-order valence-electron chi connectivity index (χ3n) is 4.37. The summed E-state index contributed by atoms with van der Waals surface area (Å²) >= 11 is 0. The highest BCUT2D eigenvalue weighted by Gasteiger charge is 2.27. The zero-order valence-corrected chi connectivity index (χ0v) is 14.2. The van der Waals surface area contributed by atoms with Gasteiger partial charge in [0, 0.05) is 26.7 Å². The van der Waals surface area contributed by atoms with Crippen molar-refractivity contribution in [2.75, 3.05) is 26.7 Å². The molecule has 1 unspecified atom stereocenters. The smallest absolute Gasteiger partial charge is 0.239 e. The lowest BCUT2D eigenvalue weighted by atomic mass is 9.98. The molecule has 0 saturated heterocycles. The van der Waals surface area contributed by atoms with E-state index in [-0.39, 0.29) is 11.9 Å². The summed E-state index contributed by atoms with van der Waals surface area (Å²) in [4.78, 5) is 16.3. The molecule has 0 aromatic heterocycles. The van der Waals surface area contributed by atoms with Crippen molar-refractivity contribution in [2.45, 2.75) is 39.3 Å². The van der Waals surface area contributed by atoms with Crippen LogP contribution in [0.25, 0.3) is 0 Å². The molecule has 1 aromatic rings. The lowest BCUT2D eigenvalue weighted by Gasteiger charge is -2.34. The zero-order chi connectivity index (χ0) is 16.8. The van der Waals surface area contributed by atoms with Crippen LogP contribution in [0.3, 0.4) is 0 Å². The number of carbonyl (C=O) groups is 1. The van der Waals surface area contributed by atoms with Crippen molar-refractivity contribution in [3.8, 4) is 11.8 Å². The van der Waals surface area contributed by atoms with Gasteiger partial charge in [-0.15, -0.1) is 0 Å². The first-order valence-electron chi connectivity index (χ1n) is 8.17. The van der Waals surface area contributed by atoms with Crippen molar-refractivity contribution in [1.82, 2.24) is 9.80 Å². The van der Waals surface area contributed by atoms with E-state index in [9.17, 15) is 4.79 Å². The summed E-state index contributed by atoms with van der Waals surface area (Å²) < 4.78 is 5.57. The third kappa shape index (κ3) is 4.23.